The minimum Gasteiger partial charge on any atom is -0.493 e. The van der Waals surface area contributed by atoms with Gasteiger partial charge in [0.25, 0.3) is 5.56 Å². The van der Waals surface area contributed by atoms with Gasteiger partial charge >= 0.3 is 0 Å². The van der Waals surface area contributed by atoms with E-state index in [-0.39, 0.29) is 11.4 Å². The number of hydrogen-bond donors (Lipinski definition) is 3. The highest BCUT2D eigenvalue weighted by atomic mass is 35.5. The van der Waals surface area contributed by atoms with Crippen LogP contribution in [-0.2, 0) is 6.42 Å². The fourth-order valence-electron chi connectivity index (χ4n) is 1.67. The van der Waals surface area contributed by atoms with Crippen LogP contribution in [0.2, 0.25) is 5.02 Å². The van der Waals surface area contributed by atoms with E-state index in [4.69, 9.17) is 17.3 Å². The Labute approximate surface area is 108 Å². The third-order valence-corrected chi connectivity index (χ3v) is 2.68. The molecule has 1 aromatic heterocycles. The van der Waals surface area contributed by atoms with Crippen LogP contribution < -0.4 is 11.3 Å². The van der Waals surface area contributed by atoms with Crippen molar-refractivity contribution in [3.63, 3.8) is 0 Å². The lowest BCUT2D eigenvalue weighted by atomic mass is 10.1. The molecule has 0 amide bonds. The molecule has 1 heterocycles. The first-order valence-corrected chi connectivity index (χ1v) is 5.78. The summed E-state index contributed by atoms with van der Waals surface area (Å²) in [5.74, 6) is 0.0512. The molecule has 0 aliphatic carbocycles. The Hall–Kier alpha value is -1.85. The number of nitrogens with one attached hydrogen (secondary N) is 1. The summed E-state index contributed by atoms with van der Waals surface area (Å²) in [6.07, 6.45) is 0.401. The van der Waals surface area contributed by atoms with Crippen molar-refractivity contribution in [2.24, 2.45) is 5.73 Å². The van der Waals surface area contributed by atoms with Crippen LogP contribution in [0.5, 0.6) is 5.88 Å². The molecule has 94 valence electrons. The molecule has 0 atom stereocenters. The summed E-state index contributed by atoms with van der Waals surface area (Å²) in [6.45, 7) is 0.346. The zero-order chi connectivity index (χ0) is 13.1. The van der Waals surface area contributed by atoms with Crippen LogP contribution in [0.15, 0.2) is 29.1 Å². The highest BCUT2D eigenvalue weighted by Gasteiger charge is 2.12. The molecule has 1 aromatic carbocycles. The molecule has 2 aromatic rings. The number of aromatic amines is 1. The van der Waals surface area contributed by atoms with Gasteiger partial charge in [-0.2, -0.15) is 4.98 Å². The van der Waals surface area contributed by atoms with Gasteiger partial charge in [-0.05, 0) is 24.2 Å². The maximum Gasteiger partial charge on any atom is 0.262 e. The molecule has 0 aliphatic heterocycles. The first-order valence-electron chi connectivity index (χ1n) is 5.40. The standard InChI is InChI=1S/C12H12ClN3O2/c13-8-3-1-2-7(6-8)10-11(17)15-9(4-5-14)16-12(10)18/h1-3,6H,4-5,14H2,(H2,15,16,17,18). The topological polar surface area (TPSA) is 92.0 Å². The summed E-state index contributed by atoms with van der Waals surface area (Å²) in [5, 5.41) is 10.3. The molecule has 5 nitrogen and oxygen atoms in total. The lowest BCUT2D eigenvalue weighted by Crippen LogP contribution is -2.16. The lowest BCUT2D eigenvalue weighted by molar-refractivity contribution is 0.450. The molecule has 0 aliphatic rings. The van der Waals surface area contributed by atoms with Crippen molar-refractivity contribution in [2.45, 2.75) is 6.42 Å². The highest BCUT2D eigenvalue weighted by Crippen LogP contribution is 2.25. The van der Waals surface area contributed by atoms with Gasteiger partial charge in [0.15, 0.2) is 0 Å². The normalized spacial score (nSPS) is 10.6. The van der Waals surface area contributed by atoms with Crippen molar-refractivity contribution in [1.82, 2.24) is 9.97 Å². The number of rotatable bonds is 3. The molecule has 0 unspecified atom stereocenters. The average molecular weight is 266 g/mol. The number of aromatic hydroxyl groups is 1. The number of nitrogens with zero attached hydrogens (tertiary/aromatic N) is 1. The van der Waals surface area contributed by atoms with E-state index < -0.39 is 5.56 Å². The Morgan fingerprint density at radius 1 is 1.44 bits per heavy atom. The van der Waals surface area contributed by atoms with Gasteiger partial charge in [-0.15, -0.1) is 0 Å². The molecule has 0 saturated heterocycles. The molecule has 0 radical (unpaired) electrons. The first-order chi connectivity index (χ1) is 8.61. The number of halogens is 1. The monoisotopic (exact) mass is 265 g/mol. The zero-order valence-electron chi connectivity index (χ0n) is 9.48. The maximum absolute atomic E-state index is 11.9. The Morgan fingerprint density at radius 2 is 2.22 bits per heavy atom. The van der Waals surface area contributed by atoms with Crippen LogP contribution in [0.3, 0.4) is 0 Å². The number of nitrogens with two attached hydrogens (primary N) is 1. The molecule has 6 heteroatoms. The molecule has 18 heavy (non-hydrogen) atoms. The van der Waals surface area contributed by atoms with Gasteiger partial charge in [0, 0.05) is 11.4 Å². The Morgan fingerprint density at radius 3 is 2.83 bits per heavy atom. The summed E-state index contributed by atoms with van der Waals surface area (Å²) in [6, 6.07) is 6.66. The second-order valence-electron chi connectivity index (χ2n) is 3.76. The first kappa shape index (κ1) is 12.6. The van der Waals surface area contributed by atoms with Crippen LogP contribution in [0, 0.1) is 0 Å². The van der Waals surface area contributed by atoms with Gasteiger partial charge < -0.3 is 15.8 Å². The van der Waals surface area contributed by atoms with Gasteiger partial charge in [0.1, 0.15) is 11.4 Å². The summed E-state index contributed by atoms with van der Waals surface area (Å²) < 4.78 is 0. The lowest BCUT2D eigenvalue weighted by Gasteiger charge is -2.05. The molecular formula is C12H12ClN3O2. The van der Waals surface area contributed by atoms with Crippen molar-refractivity contribution in [1.29, 1.82) is 0 Å². The van der Waals surface area contributed by atoms with E-state index in [1.54, 1.807) is 24.3 Å². The smallest absolute Gasteiger partial charge is 0.262 e. The van der Waals surface area contributed by atoms with Gasteiger partial charge in [-0.3, -0.25) is 4.79 Å². The Balaban J connectivity index is 2.55. The van der Waals surface area contributed by atoms with Crippen LogP contribution in [0.1, 0.15) is 5.82 Å². The second-order valence-corrected chi connectivity index (χ2v) is 4.20. The van der Waals surface area contributed by atoms with E-state index in [1.165, 1.54) is 0 Å². The number of aromatic nitrogens is 2. The Bertz CT molecular complexity index is 625. The number of hydrogen-bond acceptors (Lipinski definition) is 4. The van der Waals surface area contributed by atoms with Crippen molar-refractivity contribution in [3.8, 4) is 17.0 Å². The Kier molecular flexibility index (Phi) is 3.64. The molecule has 0 spiro atoms. The minimum atomic E-state index is -0.409. The van der Waals surface area contributed by atoms with Crippen LogP contribution in [0.25, 0.3) is 11.1 Å². The van der Waals surface area contributed by atoms with E-state index >= 15 is 0 Å². The van der Waals surface area contributed by atoms with Gasteiger partial charge in [-0.25, -0.2) is 0 Å². The second kappa shape index (κ2) is 5.20. The number of benzene rings is 1. The quantitative estimate of drug-likeness (QED) is 0.780. The predicted octanol–water partition coefficient (Wildman–Crippen LogP) is 1.30. The molecule has 0 saturated carbocycles. The largest absolute Gasteiger partial charge is 0.493 e. The molecular weight excluding hydrogens is 254 g/mol. The summed E-state index contributed by atoms with van der Waals surface area (Å²) in [4.78, 5) is 18.4. The third kappa shape index (κ3) is 2.52. The summed E-state index contributed by atoms with van der Waals surface area (Å²) in [5.41, 5.74) is 5.59. The number of H-pyrrole nitrogens is 1. The van der Waals surface area contributed by atoms with E-state index in [9.17, 15) is 9.90 Å². The molecule has 2 rings (SSSR count). The van der Waals surface area contributed by atoms with Crippen LogP contribution in [-0.4, -0.2) is 21.6 Å². The van der Waals surface area contributed by atoms with Crippen molar-refractivity contribution < 1.29 is 5.11 Å². The van der Waals surface area contributed by atoms with Gasteiger partial charge in [0.05, 0.1) is 0 Å². The SMILES string of the molecule is NCCc1nc(O)c(-c2cccc(Cl)c2)c(=O)[nH]1. The third-order valence-electron chi connectivity index (χ3n) is 2.44. The minimum absolute atomic E-state index is 0.110. The van der Waals surface area contributed by atoms with Gasteiger partial charge in [0.2, 0.25) is 5.88 Å². The average Bonchev–Trinajstić information content (AvgIpc) is 2.28. The van der Waals surface area contributed by atoms with E-state index in [0.29, 0.717) is 29.4 Å². The van der Waals surface area contributed by atoms with E-state index in [0.717, 1.165) is 0 Å². The van der Waals surface area contributed by atoms with Crippen molar-refractivity contribution in [2.75, 3.05) is 6.54 Å². The highest BCUT2D eigenvalue weighted by molar-refractivity contribution is 6.30. The van der Waals surface area contributed by atoms with Crippen LogP contribution >= 0.6 is 11.6 Å². The van der Waals surface area contributed by atoms with E-state index in [1.807, 2.05) is 0 Å². The zero-order valence-corrected chi connectivity index (χ0v) is 10.2. The summed E-state index contributed by atoms with van der Waals surface area (Å²) in [7, 11) is 0. The van der Waals surface area contributed by atoms with E-state index in [2.05, 4.69) is 9.97 Å². The van der Waals surface area contributed by atoms with Crippen LogP contribution in [0.4, 0.5) is 0 Å². The van der Waals surface area contributed by atoms with Crippen molar-refractivity contribution >= 4 is 11.6 Å². The maximum atomic E-state index is 11.9. The molecule has 4 N–H and O–H groups in total. The molecule has 0 bridgehead atoms. The predicted molar refractivity (Wildman–Crippen MR) is 69.7 cm³/mol. The van der Waals surface area contributed by atoms with Crippen molar-refractivity contribution in [3.05, 3.63) is 45.5 Å². The fraction of sp³-hybridized carbons (Fsp3) is 0.167. The summed E-state index contributed by atoms with van der Waals surface area (Å²) >= 11 is 5.85. The fourth-order valence-corrected chi connectivity index (χ4v) is 1.86. The van der Waals surface area contributed by atoms with Gasteiger partial charge in [-0.1, -0.05) is 23.7 Å². The molecule has 0 fully saturated rings.